The van der Waals surface area contributed by atoms with Gasteiger partial charge in [0.25, 0.3) is 5.91 Å². The quantitative estimate of drug-likeness (QED) is 0.546. The zero-order chi connectivity index (χ0) is 16.7. The third-order valence-electron chi connectivity index (χ3n) is 4.33. The first-order valence-electron chi connectivity index (χ1n) is 8.26. The predicted octanol–water partition coefficient (Wildman–Crippen LogP) is -1.60. The zero-order valence-corrected chi connectivity index (χ0v) is 13.8. The van der Waals surface area contributed by atoms with Gasteiger partial charge in [-0.1, -0.05) is 0 Å². The summed E-state index contributed by atoms with van der Waals surface area (Å²) in [6.45, 7) is 4.55. The Kier molecular flexibility index (Phi) is 7.22. The van der Waals surface area contributed by atoms with Crippen LogP contribution >= 0.6 is 0 Å². The maximum absolute atomic E-state index is 12.4. The molecule has 0 unspecified atom stereocenters. The van der Waals surface area contributed by atoms with Crippen LogP contribution in [0.15, 0.2) is 0 Å². The van der Waals surface area contributed by atoms with Crippen molar-refractivity contribution < 1.29 is 19.1 Å². The number of amides is 2. The molecule has 2 fully saturated rings. The number of nitrogens with zero attached hydrogens (tertiary/aromatic N) is 2. The van der Waals surface area contributed by atoms with E-state index in [2.05, 4.69) is 10.2 Å². The molecule has 0 aromatic rings. The van der Waals surface area contributed by atoms with Crippen LogP contribution < -0.4 is 11.1 Å². The minimum atomic E-state index is -0.340. The van der Waals surface area contributed by atoms with Gasteiger partial charge in [0.1, 0.15) is 6.10 Å². The lowest BCUT2D eigenvalue weighted by Gasteiger charge is -2.35. The molecule has 8 nitrogen and oxygen atoms in total. The molecule has 3 N–H and O–H groups in total. The number of nitrogens with two attached hydrogens (primary N) is 1. The molecule has 0 aliphatic carbocycles. The maximum atomic E-state index is 12.4. The highest BCUT2D eigenvalue weighted by atomic mass is 16.5. The summed E-state index contributed by atoms with van der Waals surface area (Å²) in [6, 6.07) is 0. The van der Waals surface area contributed by atoms with Crippen LogP contribution in [0.4, 0.5) is 0 Å². The summed E-state index contributed by atoms with van der Waals surface area (Å²) in [5, 5.41) is 2.80. The Morgan fingerprint density at radius 3 is 2.61 bits per heavy atom. The number of carbonyl (C=O) groups excluding carboxylic acids is 2. The van der Waals surface area contributed by atoms with Gasteiger partial charge in [-0.3, -0.25) is 14.5 Å². The molecule has 23 heavy (non-hydrogen) atoms. The highest BCUT2D eigenvalue weighted by molar-refractivity contribution is 5.81. The Hall–Kier alpha value is -1.22. The molecule has 8 heteroatoms. The third-order valence-corrected chi connectivity index (χ3v) is 4.33. The lowest BCUT2D eigenvalue weighted by atomic mass is 10.1. The Morgan fingerprint density at radius 1 is 1.26 bits per heavy atom. The van der Waals surface area contributed by atoms with E-state index in [-0.39, 0.29) is 24.0 Å². The minimum Gasteiger partial charge on any atom is -0.383 e. The van der Waals surface area contributed by atoms with E-state index in [0.717, 1.165) is 12.8 Å². The molecule has 0 spiro atoms. The first kappa shape index (κ1) is 18.1. The molecule has 0 aromatic carbocycles. The molecule has 132 valence electrons. The van der Waals surface area contributed by atoms with Crippen LogP contribution in [0.2, 0.25) is 0 Å². The van der Waals surface area contributed by atoms with E-state index in [1.54, 1.807) is 7.11 Å². The Balaban J connectivity index is 1.67. The normalized spacial score (nSPS) is 25.6. The topological polar surface area (TPSA) is 97.1 Å². The van der Waals surface area contributed by atoms with E-state index in [1.165, 1.54) is 0 Å². The van der Waals surface area contributed by atoms with E-state index in [1.807, 2.05) is 4.90 Å². The minimum absolute atomic E-state index is 0.00765. The number of nitrogens with one attached hydrogen (secondary N) is 1. The van der Waals surface area contributed by atoms with Crippen LogP contribution in [0.5, 0.6) is 0 Å². The van der Waals surface area contributed by atoms with Crippen LogP contribution in [-0.2, 0) is 19.1 Å². The number of hydrogen-bond donors (Lipinski definition) is 2. The number of hydrogen-bond acceptors (Lipinski definition) is 6. The first-order chi connectivity index (χ1) is 11.1. The van der Waals surface area contributed by atoms with Crippen LogP contribution in [0.3, 0.4) is 0 Å². The van der Waals surface area contributed by atoms with E-state index in [0.29, 0.717) is 52.4 Å². The van der Waals surface area contributed by atoms with E-state index in [4.69, 9.17) is 15.2 Å². The summed E-state index contributed by atoms with van der Waals surface area (Å²) < 4.78 is 10.6. The van der Waals surface area contributed by atoms with Gasteiger partial charge in [-0.25, -0.2) is 0 Å². The number of methoxy groups -OCH3 is 1. The van der Waals surface area contributed by atoms with Gasteiger partial charge in [0, 0.05) is 46.4 Å². The zero-order valence-electron chi connectivity index (χ0n) is 13.8. The molecule has 2 rings (SSSR count). The average Bonchev–Trinajstić information content (AvgIpc) is 3.04. The summed E-state index contributed by atoms with van der Waals surface area (Å²) in [5.74, 6) is 0.0527. The molecular weight excluding hydrogens is 300 g/mol. The van der Waals surface area contributed by atoms with Crippen LogP contribution in [-0.4, -0.2) is 93.4 Å². The van der Waals surface area contributed by atoms with Gasteiger partial charge in [-0.15, -0.1) is 0 Å². The van der Waals surface area contributed by atoms with Gasteiger partial charge in [0.2, 0.25) is 5.91 Å². The second kappa shape index (κ2) is 9.17. The summed E-state index contributed by atoms with van der Waals surface area (Å²) >= 11 is 0. The van der Waals surface area contributed by atoms with Crippen LogP contribution in [0, 0.1) is 0 Å². The molecule has 0 aromatic heterocycles. The van der Waals surface area contributed by atoms with Crippen molar-refractivity contribution in [2.75, 3.05) is 59.5 Å². The van der Waals surface area contributed by atoms with Crippen molar-refractivity contribution in [3.8, 4) is 0 Å². The van der Waals surface area contributed by atoms with Gasteiger partial charge in [-0.05, 0) is 12.8 Å². The Morgan fingerprint density at radius 2 is 2.00 bits per heavy atom. The summed E-state index contributed by atoms with van der Waals surface area (Å²) in [6.07, 6.45) is 1.28. The van der Waals surface area contributed by atoms with Crippen molar-refractivity contribution in [3.05, 3.63) is 0 Å². The molecule has 0 radical (unpaired) electrons. The fraction of sp³-hybridized carbons (Fsp3) is 0.867. The van der Waals surface area contributed by atoms with Crippen molar-refractivity contribution in [2.24, 2.45) is 5.73 Å². The molecule has 2 aliphatic heterocycles. The lowest BCUT2D eigenvalue weighted by Crippen LogP contribution is -2.53. The molecule has 2 heterocycles. The Bertz CT molecular complexity index is 399. The molecule has 0 saturated carbocycles. The van der Waals surface area contributed by atoms with Gasteiger partial charge >= 0.3 is 0 Å². The van der Waals surface area contributed by atoms with Crippen LogP contribution in [0.1, 0.15) is 12.8 Å². The molecular formula is C15H28N4O4. The average molecular weight is 328 g/mol. The predicted molar refractivity (Wildman–Crippen MR) is 84.9 cm³/mol. The molecule has 2 amide bonds. The fourth-order valence-electron chi connectivity index (χ4n) is 2.94. The SMILES string of the molecule is COCCNC(=O)CN1CCN(C(=O)[C@@H]2CC[C@H](CN)O2)CC1. The summed E-state index contributed by atoms with van der Waals surface area (Å²) in [7, 11) is 1.60. The number of rotatable bonds is 7. The highest BCUT2D eigenvalue weighted by Crippen LogP contribution is 2.21. The van der Waals surface area contributed by atoms with Gasteiger partial charge < -0.3 is 25.4 Å². The number of carbonyl (C=O) groups is 2. The van der Waals surface area contributed by atoms with Gasteiger partial charge in [0.15, 0.2) is 0 Å². The van der Waals surface area contributed by atoms with Gasteiger partial charge in [0.05, 0.1) is 19.3 Å². The lowest BCUT2D eigenvalue weighted by molar-refractivity contribution is -0.144. The van der Waals surface area contributed by atoms with E-state index in [9.17, 15) is 9.59 Å². The number of piperazine rings is 1. The van der Waals surface area contributed by atoms with Crippen LogP contribution in [0.25, 0.3) is 0 Å². The first-order valence-corrected chi connectivity index (χ1v) is 8.26. The largest absolute Gasteiger partial charge is 0.383 e. The molecule has 2 saturated heterocycles. The molecule has 2 atom stereocenters. The van der Waals surface area contributed by atoms with Crippen molar-refractivity contribution >= 4 is 11.8 Å². The van der Waals surface area contributed by atoms with Crippen molar-refractivity contribution in [2.45, 2.75) is 25.0 Å². The molecule has 0 bridgehead atoms. The van der Waals surface area contributed by atoms with Crippen molar-refractivity contribution in [3.63, 3.8) is 0 Å². The van der Waals surface area contributed by atoms with Crippen molar-refractivity contribution in [1.29, 1.82) is 0 Å². The van der Waals surface area contributed by atoms with Gasteiger partial charge in [-0.2, -0.15) is 0 Å². The van der Waals surface area contributed by atoms with E-state index >= 15 is 0 Å². The highest BCUT2D eigenvalue weighted by Gasteiger charge is 2.34. The molecule has 2 aliphatic rings. The summed E-state index contributed by atoms with van der Waals surface area (Å²) in [5.41, 5.74) is 5.58. The van der Waals surface area contributed by atoms with Crippen molar-refractivity contribution in [1.82, 2.24) is 15.1 Å². The fourth-order valence-corrected chi connectivity index (χ4v) is 2.94. The number of ether oxygens (including phenoxy) is 2. The second-order valence-electron chi connectivity index (χ2n) is 6.00. The smallest absolute Gasteiger partial charge is 0.251 e. The second-order valence-corrected chi connectivity index (χ2v) is 6.00. The third kappa shape index (κ3) is 5.42. The Labute approximate surface area is 137 Å². The maximum Gasteiger partial charge on any atom is 0.251 e. The summed E-state index contributed by atoms with van der Waals surface area (Å²) in [4.78, 5) is 28.1. The monoisotopic (exact) mass is 328 g/mol. The standard InChI is InChI=1S/C15H28N4O4/c1-22-9-4-17-14(20)11-18-5-7-19(8-6-18)15(21)13-3-2-12(10-16)23-13/h12-13H,2-11,16H2,1H3,(H,17,20)/t12-,13+/m1/s1. The van der Waals surface area contributed by atoms with E-state index < -0.39 is 0 Å².